The maximum Gasteiger partial charge on any atom is 0.310 e. The molecular weight excluding hydrogens is 196 g/mol. The molecule has 0 fully saturated rings. The van der Waals surface area contributed by atoms with Gasteiger partial charge in [0.05, 0.1) is 0 Å². The molecule has 1 aromatic rings. The highest BCUT2D eigenvalue weighted by Crippen LogP contribution is 2.08. The maximum atomic E-state index is 10.3. The molecule has 0 aliphatic rings. The van der Waals surface area contributed by atoms with Crippen LogP contribution in [0.25, 0.3) is 0 Å². The molecule has 5 heteroatoms. The van der Waals surface area contributed by atoms with Gasteiger partial charge in [0.25, 0.3) is 0 Å². The zero-order chi connectivity index (χ0) is 11.3. The highest BCUT2D eigenvalue weighted by Gasteiger charge is 2.10. The van der Waals surface area contributed by atoms with Gasteiger partial charge in [-0.25, -0.2) is 0 Å². The smallest absolute Gasteiger partial charge is 0.310 e. The van der Waals surface area contributed by atoms with Gasteiger partial charge in [-0.2, -0.15) is 0 Å². The lowest BCUT2D eigenvalue weighted by molar-refractivity contribution is -0.135. The number of benzene rings is 1. The van der Waals surface area contributed by atoms with Crippen LogP contribution in [0, 0.1) is 5.41 Å². The summed E-state index contributed by atoms with van der Waals surface area (Å²) in [5, 5.41) is 27.6. The van der Waals surface area contributed by atoms with Crippen LogP contribution in [0.4, 0.5) is 0 Å². The number of amidine groups is 1. The minimum Gasteiger partial charge on any atom is -0.481 e. The van der Waals surface area contributed by atoms with E-state index in [1.165, 1.54) is 0 Å². The number of nitrogens with one attached hydrogen (secondary N) is 2. The minimum absolute atomic E-state index is 0.223. The van der Waals surface area contributed by atoms with Crippen LogP contribution in [-0.4, -0.2) is 22.0 Å². The number of carbonyl (C=O) groups is 1. The number of carboxylic acid groups (broad SMARTS) is 1. The second-order valence-electron chi connectivity index (χ2n) is 3.01. The average molecular weight is 208 g/mol. The number of carboxylic acids is 1. The van der Waals surface area contributed by atoms with E-state index < -0.39 is 18.6 Å². The SMILES string of the molecule is N=C(CC(=O)O)NC(O)c1ccccc1. The van der Waals surface area contributed by atoms with Crippen molar-refractivity contribution in [3.8, 4) is 0 Å². The van der Waals surface area contributed by atoms with Gasteiger partial charge in [0, 0.05) is 5.56 Å². The maximum absolute atomic E-state index is 10.3. The summed E-state index contributed by atoms with van der Waals surface area (Å²) in [6.45, 7) is 0. The summed E-state index contributed by atoms with van der Waals surface area (Å²) in [5.74, 6) is -1.33. The fraction of sp³-hybridized carbons (Fsp3) is 0.200. The molecule has 0 aliphatic carbocycles. The number of aliphatic carboxylic acids is 1. The Morgan fingerprint density at radius 2 is 2.00 bits per heavy atom. The van der Waals surface area contributed by atoms with E-state index in [2.05, 4.69) is 5.32 Å². The van der Waals surface area contributed by atoms with E-state index in [1.807, 2.05) is 0 Å². The lowest BCUT2D eigenvalue weighted by atomic mass is 10.2. The standard InChI is InChI=1S/C10H12N2O3/c11-8(6-9(13)14)12-10(15)7-4-2-1-3-5-7/h1-5,10,15H,6H2,(H2,11,12)(H,13,14). The van der Waals surface area contributed by atoms with Crippen molar-refractivity contribution >= 4 is 11.8 Å². The molecule has 0 saturated heterocycles. The van der Waals surface area contributed by atoms with Crippen molar-refractivity contribution in [1.82, 2.24) is 5.32 Å². The van der Waals surface area contributed by atoms with Gasteiger partial charge < -0.3 is 15.5 Å². The number of hydrogen-bond donors (Lipinski definition) is 4. The van der Waals surface area contributed by atoms with Gasteiger partial charge >= 0.3 is 5.97 Å². The average Bonchev–Trinajstić information content (AvgIpc) is 2.17. The van der Waals surface area contributed by atoms with Gasteiger partial charge in [0.2, 0.25) is 0 Å². The molecule has 0 heterocycles. The molecule has 1 unspecified atom stereocenters. The summed E-state index contributed by atoms with van der Waals surface area (Å²) in [6, 6.07) is 8.68. The van der Waals surface area contributed by atoms with Gasteiger partial charge in [-0.05, 0) is 0 Å². The Hall–Kier alpha value is -1.88. The molecular formula is C10H12N2O3. The van der Waals surface area contributed by atoms with E-state index in [-0.39, 0.29) is 5.84 Å². The fourth-order valence-electron chi connectivity index (χ4n) is 1.09. The van der Waals surface area contributed by atoms with E-state index in [9.17, 15) is 9.90 Å². The van der Waals surface area contributed by atoms with Gasteiger partial charge in [0.1, 0.15) is 12.3 Å². The molecule has 1 aromatic carbocycles. The third-order valence-electron chi connectivity index (χ3n) is 1.75. The van der Waals surface area contributed by atoms with Crippen LogP contribution < -0.4 is 5.32 Å². The van der Waals surface area contributed by atoms with Crippen molar-refractivity contribution in [2.24, 2.45) is 0 Å². The number of aliphatic hydroxyl groups excluding tert-OH is 1. The Morgan fingerprint density at radius 1 is 1.40 bits per heavy atom. The summed E-state index contributed by atoms with van der Waals surface area (Å²) in [7, 11) is 0. The Balaban J connectivity index is 2.53. The van der Waals surface area contributed by atoms with Gasteiger partial charge in [-0.15, -0.1) is 0 Å². The summed E-state index contributed by atoms with van der Waals surface area (Å²) in [4.78, 5) is 10.3. The van der Waals surface area contributed by atoms with Crippen molar-refractivity contribution in [2.45, 2.75) is 12.6 Å². The number of hydrogen-bond acceptors (Lipinski definition) is 3. The molecule has 0 saturated carbocycles. The summed E-state index contributed by atoms with van der Waals surface area (Å²) in [6.07, 6.45) is -1.47. The normalized spacial score (nSPS) is 11.8. The summed E-state index contributed by atoms with van der Waals surface area (Å²) in [5.41, 5.74) is 0.590. The van der Waals surface area contributed by atoms with Crippen LogP contribution in [0.2, 0.25) is 0 Å². The molecule has 1 rings (SSSR count). The van der Waals surface area contributed by atoms with Crippen LogP contribution >= 0.6 is 0 Å². The Labute approximate surface area is 86.9 Å². The molecule has 0 radical (unpaired) electrons. The third-order valence-corrected chi connectivity index (χ3v) is 1.75. The first-order valence-electron chi connectivity index (χ1n) is 4.38. The quantitative estimate of drug-likeness (QED) is 0.333. The van der Waals surface area contributed by atoms with E-state index in [0.29, 0.717) is 5.56 Å². The van der Waals surface area contributed by atoms with Crippen LogP contribution in [0.15, 0.2) is 30.3 Å². The zero-order valence-electron chi connectivity index (χ0n) is 7.97. The van der Waals surface area contributed by atoms with Crippen molar-refractivity contribution in [2.75, 3.05) is 0 Å². The first kappa shape index (κ1) is 11.2. The molecule has 0 aromatic heterocycles. The fourth-order valence-corrected chi connectivity index (χ4v) is 1.09. The lowest BCUT2D eigenvalue weighted by Crippen LogP contribution is -2.29. The van der Waals surface area contributed by atoms with Crippen molar-refractivity contribution in [3.05, 3.63) is 35.9 Å². The largest absolute Gasteiger partial charge is 0.481 e. The van der Waals surface area contributed by atoms with E-state index in [4.69, 9.17) is 10.5 Å². The van der Waals surface area contributed by atoms with Gasteiger partial charge in [-0.3, -0.25) is 10.2 Å². The van der Waals surface area contributed by atoms with Crippen LogP contribution in [0.3, 0.4) is 0 Å². The molecule has 0 bridgehead atoms. The molecule has 1 atom stereocenters. The lowest BCUT2D eigenvalue weighted by Gasteiger charge is -2.13. The van der Waals surface area contributed by atoms with Crippen LogP contribution in [-0.2, 0) is 4.79 Å². The van der Waals surface area contributed by atoms with Crippen molar-refractivity contribution in [1.29, 1.82) is 5.41 Å². The highest BCUT2D eigenvalue weighted by atomic mass is 16.4. The van der Waals surface area contributed by atoms with E-state index in [1.54, 1.807) is 30.3 Å². The first-order valence-corrected chi connectivity index (χ1v) is 4.38. The first-order chi connectivity index (χ1) is 7.09. The summed E-state index contributed by atoms with van der Waals surface area (Å²) < 4.78 is 0. The second kappa shape index (κ2) is 5.11. The summed E-state index contributed by atoms with van der Waals surface area (Å²) >= 11 is 0. The molecule has 0 amide bonds. The minimum atomic E-state index is -1.10. The van der Waals surface area contributed by atoms with Gasteiger partial charge in [-0.1, -0.05) is 30.3 Å². The molecule has 80 valence electrons. The second-order valence-corrected chi connectivity index (χ2v) is 3.01. The Kier molecular flexibility index (Phi) is 3.82. The van der Waals surface area contributed by atoms with E-state index >= 15 is 0 Å². The van der Waals surface area contributed by atoms with Crippen molar-refractivity contribution in [3.63, 3.8) is 0 Å². The molecule has 0 aliphatic heterocycles. The topological polar surface area (TPSA) is 93.4 Å². The third kappa shape index (κ3) is 3.78. The molecule has 5 nitrogen and oxygen atoms in total. The number of aliphatic hydroxyl groups is 1. The Morgan fingerprint density at radius 3 is 2.53 bits per heavy atom. The number of rotatable bonds is 4. The zero-order valence-corrected chi connectivity index (χ0v) is 7.97. The van der Waals surface area contributed by atoms with E-state index in [0.717, 1.165) is 0 Å². The Bertz CT molecular complexity index is 351. The van der Waals surface area contributed by atoms with Crippen LogP contribution in [0.5, 0.6) is 0 Å². The predicted octanol–water partition coefficient (Wildman–Crippen LogP) is 0.719. The molecule has 15 heavy (non-hydrogen) atoms. The van der Waals surface area contributed by atoms with Crippen LogP contribution in [0.1, 0.15) is 18.2 Å². The van der Waals surface area contributed by atoms with Gasteiger partial charge in [0.15, 0.2) is 6.23 Å². The highest BCUT2D eigenvalue weighted by molar-refractivity contribution is 5.95. The molecule has 0 spiro atoms. The molecule has 4 N–H and O–H groups in total. The van der Waals surface area contributed by atoms with Crippen molar-refractivity contribution < 1.29 is 15.0 Å². The predicted molar refractivity (Wildman–Crippen MR) is 54.5 cm³/mol. The monoisotopic (exact) mass is 208 g/mol.